The minimum Gasteiger partial charge on any atom is -0.209 e. The van der Waals surface area contributed by atoms with Gasteiger partial charge in [0.1, 0.15) is 0 Å². The number of hydrogen-bond acceptors (Lipinski definition) is 2. The van der Waals surface area contributed by atoms with E-state index < -0.39 is 38.6 Å². The van der Waals surface area contributed by atoms with E-state index in [0.717, 1.165) is 0 Å². The van der Waals surface area contributed by atoms with Crippen molar-refractivity contribution < 1.29 is 26.3 Å². The first-order valence-electron chi connectivity index (χ1n) is 2.20. The Kier molecular flexibility index (Phi) is 1.83. The summed E-state index contributed by atoms with van der Waals surface area (Å²) < 4.78 is 62.7. The maximum Gasteiger partial charge on any atom is 0.442 e. The van der Waals surface area contributed by atoms with E-state index in [1.54, 1.807) is 0 Å². The standard InChI is InChI=1S/C3F6S2/c4-1(5,6)2(7)10-3(8,9)11-2. The van der Waals surface area contributed by atoms with Crippen molar-refractivity contribution in [1.82, 2.24) is 0 Å². The van der Waals surface area contributed by atoms with Crippen LogP contribution >= 0.6 is 23.5 Å². The fourth-order valence-corrected chi connectivity index (χ4v) is 2.35. The summed E-state index contributed by atoms with van der Waals surface area (Å²) in [5.74, 6) is 0. The molecule has 0 aliphatic carbocycles. The van der Waals surface area contributed by atoms with Crippen LogP contribution in [-0.4, -0.2) is 15.1 Å². The quantitative estimate of drug-likeness (QED) is 0.568. The van der Waals surface area contributed by atoms with Crippen LogP contribution in [0.2, 0.25) is 0 Å². The van der Waals surface area contributed by atoms with Crippen LogP contribution < -0.4 is 0 Å². The molecule has 0 amide bonds. The molecule has 0 nitrogen and oxygen atoms in total. The Morgan fingerprint density at radius 3 is 1.36 bits per heavy atom. The lowest BCUT2D eigenvalue weighted by Crippen LogP contribution is -2.46. The van der Waals surface area contributed by atoms with Gasteiger partial charge in [0, 0.05) is 0 Å². The Labute approximate surface area is 65.7 Å². The third-order valence-corrected chi connectivity index (χ3v) is 3.30. The van der Waals surface area contributed by atoms with Gasteiger partial charge in [-0.2, -0.15) is 22.0 Å². The number of hydrogen-bond donors (Lipinski definition) is 0. The van der Waals surface area contributed by atoms with Crippen LogP contribution in [0, 0.1) is 0 Å². The van der Waals surface area contributed by atoms with E-state index in [4.69, 9.17) is 0 Å². The van der Waals surface area contributed by atoms with Gasteiger partial charge in [-0.05, 0) is 23.5 Å². The average molecular weight is 214 g/mol. The van der Waals surface area contributed by atoms with Crippen LogP contribution in [0.4, 0.5) is 26.3 Å². The molecule has 1 aliphatic rings. The maximum atomic E-state index is 12.2. The number of thioether (sulfide) groups is 2. The Hall–Kier alpha value is 0.280. The van der Waals surface area contributed by atoms with Crippen molar-refractivity contribution in [2.75, 3.05) is 0 Å². The molecule has 0 N–H and O–H groups in total. The molecule has 11 heavy (non-hydrogen) atoms. The van der Waals surface area contributed by atoms with Gasteiger partial charge in [0.15, 0.2) is 0 Å². The second-order valence-corrected chi connectivity index (χ2v) is 4.78. The fourth-order valence-electron chi connectivity index (χ4n) is 0.429. The summed E-state index contributed by atoms with van der Waals surface area (Å²) in [7, 11) is 0. The molecule has 0 atom stereocenters. The summed E-state index contributed by atoms with van der Waals surface area (Å²) in [5.41, 5.74) is 0. The zero-order valence-corrected chi connectivity index (χ0v) is 6.22. The number of halogens is 6. The minimum absolute atomic E-state index is 1.02. The van der Waals surface area contributed by atoms with Gasteiger partial charge in [0.2, 0.25) is 0 Å². The number of rotatable bonds is 0. The third kappa shape index (κ3) is 1.56. The van der Waals surface area contributed by atoms with Gasteiger partial charge in [0.05, 0.1) is 0 Å². The van der Waals surface area contributed by atoms with Crippen molar-refractivity contribution in [1.29, 1.82) is 0 Å². The molecule has 1 fully saturated rings. The summed E-state index contributed by atoms with van der Waals surface area (Å²) in [5, 5.41) is 0. The summed E-state index contributed by atoms with van der Waals surface area (Å²) >= 11 is -2.04. The maximum absolute atomic E-state index is 12.2. The molecule has 0 radical (unpaired) electrons. The third-order valence-electron chi connectivity index (χ3n) is 0.839. The molecule has 1 aliphatic heterocycles. The van der Waals surface area contributed by atoms with Gasteiger partial charge in [-0.25, -0.2) is 4.39 Å². The molecular weight excluding hydrogens is 214 g/mol. The highest BCUT2D eigenvalue weighted by atomic mass is 32.3. The van der Waals surface area contributed by atoms with Crippen LogP contribution in [0.25, 0.3) is 0 Å². The van der Waals surface area contributed by atoms with E-state index in [1.807, 2.05) is 0 Å². The van der Waals surface area contributed by atoms with Crippen LogP contribution in [0.1, 0.15) is 0 Å². The van der Waals surface area contributed by atoms with Crippen molar-refractivity contribution in [3.05, 3.63) is 0 Å². The zero-order chi connectivity index (χ0) is 8.91. The first-order chi connectivity index (χ1) is 4.66. The van der Waals surface area contributed by atoms with Gasteiger partial charge in [-0.15, -0.1) is 0 Å². The number of alkyl halides is 6. The van der Waals surface area contributed by atoms with Crippen molar-refractivity contribution in [3.8, 4) is 0 Å². The predicted octanol–water partition coefficient (Wildman–Crippen LogP) is 3.20. The van der Waals surface area contributed by atoms with Crippen LogP contribution in [0.3, 0.4) is 0 Å². The monoisotopic (exact) mass is 214 g/mol. The van der Waals surface area contributed by atoms with Crippen molar-refractivity contribution in [2.24, 2.45) is 0 Å². The molecule has 0 spiro atoms. The lowest BCUT2D eigenvalue weighted by molar-refractivity contribution is -0.169. The second-order valence-electron chi connectivity index (χ2n) is 1.70. The Morgan fingerprint density at radius 1 is 0.909 bits per heavy atom. The van der Waals surface area contributed by atoms with E-state index in [9.17, 15) is 26.3 Å². The molecule has 0 saturated carbocycles. The fraction of sp³-hybridized carbons (Fsp3) is 1.00. The molecule has 1 heterocycles. The van der Waals surface area contributed by atoms with Crippen LogP contribution in [0.5, 0.6) is 0 Å². The highest BCUT2D eigenvalue weighted by Crippen LogP contribution is 2.71. The molecule has 8 heteroatoms. The average Bonchev–Trinajstić information content (AvgIpc) is 1.55. The van der Waals surface area contributed by atoms with Crippen molar-refractivity contribution >= 4 is 23.5 Å². The highest BCUT2D eigenvalue weighted by molar-refractivity contribution is 8.35. The van der Waals surface area contributed by atoms with Gasteiger partial charge in [-0.3, -0.25) is 0 Å². The van der Waals surface area contributed by atoms with Crippen LogP contribution in [-0.2, 0) is 0 Å². The largest absolute Gasteiger partial charge is 0.442 e. The molecule has 0 unspecified atom stereocenters. The first kappa shape index (κ1) is 9.37. The second kappa shape index (κ2) is 2.15. The zero-order valence-electron chi connectivity index (χ0n) is 4.58. The molecule has 0 aromatic carbocycles. The molecule has 66 valence electrons. The first-order valence-corrected chi connectivity index (χ1v) is 3.83. The van der Waals surface area contributed by atoms with Crippen molar-refractivity contribution in [3.63, 3.8) is 0 Å². The minimum atomic E-state index is -5.23. The highest BCUT2D eigenvalue weighted by Gasteiger charge is 2.73. The molecule has 0 aromatic rings. The van der Waals surface area contributed by atoms with Gasteiger partial charge < -0.3 is 0 Å². The predicted molar refractivity (Wildman–Crippen MR) is 30.0 cm³/mol. The molecule has 1 saturated heterocycles. The van der Waals surface area contributed by atoms with E-state index in [2.05, 4.69) is 0 Å². The molecule has 0 aromatic heterocycles. The van der Waals surface area contributed by atoms with Crippen LogP contribution in [0.15, 0.2) is 0 Å². The summed E-state index contributed by atoms with van der Waals surface area (Å²) in [4.78, 5) is 0. The van der Waals surface area contributed by atoms with E-state index in [0.29, 0.717) is 0 Å². The lowest BCUT2D eigenvalue weighted by atomic mass is 10.7. The van der Waals surface area contributed by atoms with E-state index in [-0.39, 0.29) is 0 Å². The van der Waals surface area contributed by atoms with Crippen molar-refractivity contribution in [2.45, 2.75) is 15.1 Å². The molecular formula is C3F6S2. The smallest absolute Gasteiger partial charge is 0.209 e. The lowest BCUT2D eigenvalue weighted by Gasteiger charge is -2.39. The van der Waals surface area contributed by atoms with Gasteiger partial charge >= 0.3 is 15.1 Å². The molecule has 1 rings (SSSR count). The molecule has 0 bridgehead atoms. The summed E-state index contributed by atoms with van der Waals surface area (Å²) in [6, 6.07) is 0. The van der Waals surface area contributed by atoms with Gasteiger partial charge in [-0.1, -0.05) is 0 Å². The van der Waals surface area contributed by atoms with Gasteiger partial charge in [0.25, 0.3) is 0 Å². The Balaban J connectivity index is 2.64. The van der Waals surface area contributed by atoms with E-state index in [1.165, 1.54) is 0 Å². The normalized spacial score (nSPS) is 27.8. The SMILES string of the molecule is FC1(F)SC(F)(C(F)(F)F)S1. The Bertz CT molecular complexity index is 165. The summed E-state index contributed by atoms with van der Waals surface area (Å²) in [6.07, 6.45) is -5.23. The summed E-state index contributed by atoms with van der Waals surface area (Å²) in [6.45, 7) is 0. The topological polar surface area (TPSA) is 0 Å². The Morgan fingerprint density at radius 2 is 1.27 bits per heavy atom. The van der Waals surface area contributed by atoms with E-state index >= 15 is 0 Å².